The predicted octanol–water partition coefficient (Wildman–Crippen LogP) is 1.91. The Hall–Kier alpha value is -2.38. The van der Waals surface area contributed by atoms with E-state index >= 15 is 0 Å². The number of nitrogens with one attached hydrogen (secondary N) is 1. The summed E-state index contributed by atoms with van der Waals surface area (Å²) >= 11 is 11.7. The van der Waals surface area contributed by atoms with Gasteiger partial charge in [0.25, 0.3) is 0 Å². The zero-order valence-corrected chi connectivity index (χ0v) is 13.2. The number of anilines is 1. The summed E-state index contributed by atoms with van der Waals surface area (Å²) in [4.78, 5) is 48.6. The Labute approximate surface area is 141 Å². The number of imide groups is 2. The molecule has 1 aliphatic rings. The highest BCUT2D eigenvalue weighted by atomic mass is 35.5. The van der Waals surface area contributed by atoms with Gasteiger partial charge in [-0.2, -0.15) is 0 Å². The number of hydrogen-bond acceptors (Lipinski definition) is 4. The average Bonchev–Trinajstić information content (AvgIpc) is 2.69. The molecule has 0 bridgehead atoms. The summed E-state index contributed by atoms with van der Waals surface area (Å²) in [5.41, 5.74) is 0.234. The third-order valence-corrected chi connectivity index (χ3v) is 3.52. The number of amides is 5. The summed E-state index contributed by atoms with van der Waals surface area (Å²) in [6.45, 7) is 2.67. The van der Waals surface area contributed by atoms with Crippen molar-refractivity contribution in [3.63, 3.8) is 0 Å². The van der Waals surface area contributed by atoms with Gasteiger partial charge < -0.3 is 5.32 Å². The van der Waals surface area contributed by atoms with E-state index in [2.05, 4.69) is 11.9 Å². The molecule has 0 aliphatic carbocycles. The van der Waals surface area contributed by atoms with E-state index < -0.39 is 30.3 Å². The Morgan fingerprint density at radius 3 is 2.48 bits per heavy atom. The minimum atomic E-state index is -1.07. The van der Waals surface area contributed by atoms with Crippen molar-refractivity contribution in [1.82, 2.24) is 9.80 Å². The van der Waals surface area contributed by atoms with Crippen molar-refractivity contribution in [3.8, 4) is 0 Å². The van der Waals surface area contributed by atoms with Crippen LogP contribution < -0.4 is 5.32 Å². The molecule has 23 heavy (non-hydrogen) atoms. The highest BCUT2D eigenvalue weighted by Crippen LogP contribution is 2.25. The first-order valence-corrected chi connectivity index (χ1v) is 7.14. The SMILES string of the molecule is C=CCN1C(=O)C(=O)N(CC(=O)Nc2cc(Cl)ccc2Cl)C1=O. The van der Waals surface area contributed by atoms with E-state index in [0.717, 1.165) is 0 Å². The maximum Gasteiger partial charge on any atom is 0.335 e. The molecule has 9 heteroatoms. The van der Waals surface area contributed by atoms with Crippen molar-refractivity contribution in [1.29, 1.82) is 0 Å². The van der Waals surface area contributed by atoms with Gasteiger partial charge in [0.2, 0.25) is 5.91 Å². The highest BCUT2D eigenvalue weighted by molar-refractivity contribution is 6.45. The van der Waals surface area contributed by atoms with Crippen molar-refractivity contribution in [2.75, 3.05) is 18.4 Å². The Balaban J connectivity index is 2.09. The van der Waals surface area contributed by atoms with Gasteiger partial charge in [0.1, 0.15) is 6.54 Å². The molecule has 2 rings (SSSR count). The second kappa shape index (κ2) is 6.80. The maximum absolute atomic E-state index is 12.0. The lowest BCUT2D eigenvalue weighted by atomic mass is 10.3. The van der Waals surface area contributed by atoms with Crippen LogP contribution in [0.1, 0.15) is 0 Å². The molecule has 0 radical (unpaired) electrons. The van der Waals surface area contributed by atoms with Crippen LogP contribution in [0.5, 0.6) is 0 Å². The van der Waals surface area contributed by atoms with Crippen LogP contribution in [0.25, 0.3) is 0 Å². The molecular weight excluding hydrogens is 345 g/mol. The van der Waals surface area contributed by atoms with Crippen molar-refractivity contribution in [2.45, 2.75) is 0 Å². The Bertz CT molecular complexity index is 720. The third kappa shape index (κ3) is 3.52. The van der Waals surface area contributed by atoms with Gasteiger partial charge in [0.15, 0.2) is 0 Å². The number of hydrogen-bond donors (Lipinski definition) is 1. The van der Waals surface area contributed by atoms with Gasteiger partial charge >= 0.3 is 17.8 Å². The first-order chi connectivity index (χ1) is 10.8. The maximum atomic E-state index is 12.0. The van der Waals surface area contributed by atoms with Crippen molar-refractivity contribution < 1.29 is 19.2 Å². The third-order valence-electron chi connectivity index (χ3n) is 2.95. The number of benzene rings is 1. The summed E-state index contributed by atoms with van der Waals surface area (Å²) in [6, 6.07) is 3.58. The molecule has 7 nitrogen and oxygen atoms in total. The quantitative estimate of drug-likeness (QED) is 0.496. The molecule has 0 aromatic heterocycles. The second-order valence-electron chi connectivity index (χ2n) is 4.55. The molecular formula is C14H11Cl2N3O4. The fourth-order valence-corrected chi connectivity index (χ4v) is 2.24. The summed E-state index contributed by atoms with van der Waals surface area (Å²) in [5.74, 6) is -2.75. The molecule has 1 aliphatic heterocycles. The van der Waals surface area contributed by atoms with E-state index in [0.29, 0.717) is 14.8 Å². The summed E-state index contributed by atoms with van der Waals surface area (Å²) in [7, 11) is 0. The van der Waals surface area contributed by atoms with Gasteiger partial charge in [0, 0.05) is 11.6 Å². The van der Waals surface area contributed by atoms with Crippen LogP contribution in [0, 0.1) is 0 Å². The molecule has 0 spiro atoms. The molecule has 1 saturated heterocycles. The lowest BCUT2D eigenvalue weighted by molar-refractivity contribution is -0.143. The predicted molar refractivity (Wildman–Crippen MR) is 84.1 cm³/mol. The summed E-state index contributed by atoms with van der Waals surface area (Å²) in [6.07, 6.45) is 1.30. The Kier molecular flexibility index (Phi) is 5.02. The van der Waals surface area contributed by atoms with Gasteiger partial charge in [-0.25, -0.2) is 9.69 Å². The molecule has 5 amide bonds. The molecule has 1 aromatic rings. The van der Waals surface area contributed by atoms with Crippen LogP contribution in [0.15, 0.2) is 30.9 Å². The smallest absolute Gasteiger partial charge is 0.323 e. The Morgan fingerprint density at radius 2 is 1.83 bits per heavy atom. The number of urea groups is 1. The number of halogens is 2. The number of rotatable bonds is 5. The number of carbonyl (C=O) groups is 4. The Morgan fingerprint density at radius 1 is 1.17 bits per heavy atom. The van der Waals surface area contributed by atoms with Gasteiger partial charge in [-0.1, -0.05) is 29.3 Å². The molecule has 120 valence electrons. The minimum absolute atomic E-state index is 0.109. The van der Waals surface area contributed by atoms with E-state index in [1.165, 1.54) is 18.2 Å². The van der Waals surface area contributed by atoms with Gasteiger partial charge in [-0.05, 0) is 18.2 Å². The molecule has 1 aromatic carbocycles. The van der Waals surface area contributed by atoms with Crippen LogP contribution in [-0.4, -0.2) is 46.6 Å². The first kappa shape index (κ1) is 17.0. The van der Waals surface area contributed by atoms with Crippen molar-refractivity contribution >= 4 is 52.6 Å². The van der Waals surface area contributed by atoms with Gasteiger partial charge in [0.05, 0.1) is 10.7 Å². The normalized spacial score (nSPS) is 14.4. The lowest BCUT2D eigenvalue weighted by Crippen LogP contribution is -2.39. The molecule has 0 saturated carbocycles. The molecule has 0 unspecified atom stereocenters. The zero-order chi connectivity index (χ0) is 17.1. The average molecular weight is 356 g/mol. The second-order valence-corrected chi connectivity index (χ2v) is 5.39. The van der Waals surface area contributed by atoms with E-state index in [1.807, 2.05) is 0 Å². The van der Waals surface area contributed by atoms with Crippen LogP contribution in [0.4, 0.5) is 10.5 Å². The number of carbonyl (C=O) groups excluding carboxylic acids is 4. The summed E-state index contributed by atoms with van der Waals surface area (Å²) in [5, 5.41) is 3.02. The van der Waals surface area contributed by atoms with E-state index in [-0.39, 0.29) is 17.3 Å². The topological polar surface area (TPSA) is 86.8 Å². The summed E-state index contributed by atoms with van der Waals surface area (Å²) < 4.78 is 0. The fourth-order valence-electron chi connectivity index (χ4n) is 1.91. The van der Waals surface area contributed by atoms with Crippen LogP contribution in [0.2, 0.25) is 10.0 Å². The lowest BCUT2D eigenvalue weighted by Gasteiger charge is -2.14. The largest absolute Gasteiger partial charge is 0.335 e. The number of nitrogens with zero attached hydrogens (tertiary/aromatic N) is 2. The van der Waals surface area contributed by atoms with E-state index in [4.69, 9.17) is 23.2 Å². The standard InChI is InChI=1S/C14H11Cl2N3O4/c1-2-5-18-12(21)13(22)19(14(18)23)7-11(20)17-10-6-8(15)3-4-9(10)16/h2-4,6H,1,5,7H2,(H,17,20). The molecule has 1 N–H and O–H groups in total. The minimum Gasteiger partial charge on any atom is -0.323 e. The highest BCUT2D eigenvalue weighted by Gasteiger charge is 2.44. The van der Waals surface area contributed by atoms with E-state index in [9.17, 15) is 19.2 Å². The molecule has 1 fully saturated rings. The van der Waals surface area contributed by atoms with Crippen molar-refractivity contribution in [3.05, 3.63) is 40.9 Å². The zero-order valence-electron chi connectivity index (χ0n) is 11.7. The van der Waals surface area contributed by atoms with E-state index in [1.54, 1.807) is 6.07 Å². The van der Waals surface area contributed by atoms with Crippen LogP contribution >= 0.6 is 23.2 Å². The molecule has 1 heterocycles. The first-order valence-electron chi connectivity index (χ1n) is 6.38. The fraction of sp³-hybridized carbons (Fsp3) is 0.143. The van der Waals surface area contributed by atoms with Crippen LogP contribution in [0.3, 0.4) is 0 Å². The van der Waals surface area contributed by atoms with Crippen molar-refractivity contribution in [2.24, 2.45) is 0 Å². The van der Waals surface area contributed by atoms with Crippen LogP contribution in [-0.2, 0) is 14.4 Å². The van der Waals surface area contributed by atoms with Gasteiger partial charge in [-0.15, -0.1) is 6.58 Å². The molecule has 0 atom stereocenters. The van der Waals surface area contributed by atoms with Gasteiger partial charge in [-0.3, -0.25) is 19.3 Å². The monoisotopic (exact) mass is 355 g/mol.